The van der Waals surface area contributed by atoms with Gasteiger partial charge in [-0.25, -0.2) is 13.1 Å². The summed E-state index contributed by atoms with van der Waals surface area (Å²) >= 11 is 0. The zero-order valence-corrected chi connectivity index (χ0v) is 19.9. The van der Waals surface area contributed by atoms with E-state index in [4.69, 9.17) is 0 Å². The van der Waals surface area contributed by atoms with E-state index in [0.717, 1.165) is 23.6 Å². The van der Waals surface area contributed by atoms with E-state index in [-0.39, 0.29) is 29.7 Å². The minimum Gasteiger partial charge on any atom is -0.352 e. The van der Waals surface area contributed by atoms with Gasteiger partial charge in [-0.15, -0.1) is 24.0 Å². The van der Waals surface area contributed by atoms with Crippen molar-refractivity contribution in [3.05, 3.63) is 70.8 Å². The van der Waals surface area contributed by atoms with Crippen LogP contribution in [0.1, 0.15) is 22.3 Å². The molecule has 2 aromatic carbocycles. The summed E-state index contributed by atoms with van der Waals surface area (Å²) in [6, 6.07) is 15.9. The molecule has 154 valence electrons. The van der Waals surface area contributed by atoms with Crippen LogP contribution in [-0.2, 0) is 28.9 Å². The van der Waals surface area contributed by atoms with Gasteiger partial charge in [0.1, 0.15) is 0 Å². The number of benzene rings is 2. The van der Waals surface area contributed by atoms with Gasteiger partial charge in [0, 0.05) is 27.2 Å². The van der Waals surface area contributed by atoms with Gasteiger partial charge in [0.05, 0.1) is 5.75 Å². The molecule has 28 heavy (non-hydrogen) atoms. The monoisotopic (exact) mass is 516 g/mol. The Morgan fingerprint density at radius 3 is 2.25 bits per heavy atom. The third kappa shape index (κ3) is 7.40. The fourth-order valence-electron chi connectivity index (χ4n) is 2.73. The Kier molecular flexibility index (Phi) is 9.91. The number of hydrogen-bond donors (Lipinski definition) is 2. The zero-order chi connectivity index (χ0) is 19.9. The average molecular weight is 516 g/mol. The van der Waals surface area contributed by atoms with Gasteiger partial charge >= 0.3 is 0 Å². The molecular weight excluding hydrogens is 487 g/mol. The molecule has 0 amide bonds. The van der Waals surface area contributed by atoms with Crippen molar-refractivity contribution in [1.29, 1.82) is 0 Å². The zero-order valence-electron chi connectivity index (χ0n) is 16.8. The van der Waals surface area contributed by atoms with E-state index < -0.39 is 10.0 Å². The highest BCUT2D eigenvalue weighted by molar-refractivity contribution is 14.0. The van der Waals surface area contributed by atoms with Crippen molar-refractivity contribution in [3.8, 4) is 0 Å². The molecule has 0 aliphatic rings. The normalized spacial score (nSPS) is 11.6. The fraction of sp³-hybridized carbons (Fsp3) is 0.350. The quantitative estimate of drug-likeness (QED) is 0.337. The Morgan fingerprint density at radius 1 is 1.07 bits per heavy atom. The van der Waals surface area contributed by atoms with Crippen molar-refractivity contribution in [1.82, 2.24) is 14.9 Å². The van der Waals surface area contributed by atoms with E-state index in [1.807, 2.05) is 43.4 Å². The number of rotatable bonds is 7. The lowest BCUT2D eigenvalue weighted by molar-refractivity contribution is 0.475. The van der Waals surface area contributed by atoms with Crippen LogP contribution in [0.15, 0.2) is 53.5 Å². The number of sulfonamides is 1. The van der Waals surface area contributed by atoms with Crippen molar-refractivity contribution in [2.45, 2.75) is 25.8 Å². The highest BCUT2D eigenvalue weighted by Crippen LogP contribution is 2.10. The van der Waals surface area contributed by atoms with E-state index in [9.17, 15) is 8.42 Å². The molecule has 0 radical (unpaired) electrons. The second-order valence-electron chi connectivity index (χ2n) is 6.46. The predicted molar refractivity (Wildman–Crippen MR) is 126 cm³/mol. The molecule has 2 rings (SSSR count). The van der Waals surface area contributed by atoms with Gasteiger partial charge in [-0.05, 0) is 36.2 Å². The molecule has 0 spiro atoms. The molecule has 0 saturated heterocycles. The molecular formula is C20H29IN4O2S. The molecule has 0 bridgehead atoms. The summed E-state index contributed by atoms with van der Waals surface area (Å²) in [5.41, 5.74) is 4.34. The summed E-state index contributed by atoms with van der Waals surface area (Å²) in [4.78, 5) is 6.43. The van der Waals surface area contributed by atoms with Crippen LogP contribution in [0.5, 0.6) is 0 Å². The first kappa shape index (κ1) is 24.4. The van der Waals surface area contributed by atoms with Crippen molar-refractivity contribution in [2.24, 2.45) is 4.99 Å². The van der Waals surface area contributed by atoms with Crippen LogP contribution < -0.4 is 10.0 Å². The molecule has 0 heterocycles. The van der Waals surface area contributed by atoms with Crippen LogP contribution in [0.4, 0.5) is 0 Å². The Labute approximate surface area is 185 Å². The number of aryl methyl sites for hydroxylation is 1. The second-order valence-corrected chi connectivity index (χ2v) is 8.39. The third-order valence-electron chi connectivity index (χ3n) is 4.38. The summed E-state index contributed by atoms with van der Waals surface area (Å²) in [5.74, 6) is 0.790. The summed E-state index contributed by atoms with van der Waals surface area (Å²) < 4.78 is 25.6. The summed E-state index contributed by atoms with van der Waals surface area (Å²) in [6.07, 6.45) is 0. The van der Waals surface area contributed by atoms with Gasteiger partial charge < -0.3 is 10.2 Å². The minimum absolute atomic E-state index is 0. The van der Waals surface area contributed by atoms with Crippen LogP contribution in [-0.4, -0.2) is 40.4 Å². The molecule has 0 fully saturated rings. The smallest absolute Gasteiger partial charge is 0.215 e. The van der Waals surface area contributed by atoms with E-state index in [0.29, 0.717) is 6.54 Å². The summed E-state index contributed by atoms with van der Waals surface area (Å²) in [5, 5.41) is 3.35. The largest absolute Gasteiger partial charge is 0.352 e. The predicted octanol–water partition coefficient (Wildman–Crippen LogP) is 2.87. The molecule has 0 aliphatic carbocycles. The maximum atomic E-state index is 11.6. The fourth-order valence-corrected chi connectivity index (χ4v) is 3.50. The average Bonchev–Trinajstić information content (AvgIpc) is 2.65. The van der Waals surface area contributed by atoms with Crippen LogP contribution in [0, 0.1) is 6.92 Å². The number of hydrogen-bond acceptors (Lipinski definition) is 3. The first-order chi connectivity index (χ1) is 12.8. The standard InChI is InChI=1S/C20H28N4O2S.HI/c1-16-7-5-6-8-19(16)14-24(4)20(21-2)23-13-17-9-11-18(12-10-17)15-27(25,26)22-3;/h5-12,22H,13-15H2,1-4H3,(H,21,23);1H. The van der Waals surface area contributed by atoms with Crippen molar-refractivity contribution in [3.63, 3.8) is 0 Å². The number of guanidine groups is 1. The molecule has 0 unspecified atom stereocenters. The van der Waals surface area contributed by atoms with E-state index in [1.54, 1.807) is 7.05 Å². The Hall–Kier alpha value is -1.65. The van der Waals surface area contributed by atoms with Gasteiger partial charge in [-0.3, -0.25) is 4.99 Å². The van der Waals surface area contributed by atoms with Gasteiger partial charge in [0.25, 0.3) is 0 Å². The Morgan fingerprint density at radius 2 is 1.68 bits per heavy atom. The Bertz CT molecular complexity index is 883. The molecule has 0 saturated carbocycles. The summed E-state index contributed by atoms with van der Waals surface area (Å²) in [6.45, 7) is 3.49. The van der Waals surface area contributed by atoms with Crippen LogP contribution >= 0.6 is 24.0 Å². The van der Waals surface area contributed by atoms with Crippen LogP contribution in [0.25, 0.3) is 0 Å². The van der Waals surface area contributed by atoms with Crippen LogP contribution in [0.3, 0.4) is 0 Å². The molecule has 8 heteroatoms. The lowest BCUT2D eigenvalue weighted by Crippen LogP contribution is -2.38. The number of halogens is 1. The van der Waals surface area contributed by atoms with E-state index >= 15 is 0 Å². The van der Waals surface area contributed by atoms with Gasteiger partial charge in [0.15, 0.2) is 5.96 Å². The molecule has 2 aromatic rings. The minimum atomic E-state index is -3.25. The lowest BCUT2D eigenvalue weighted by Gasteiger charge is -2.23. The second kappa shape index (κ2) is 11.4. The third-order valence-corrected chi connectivity index (χ3v) is 5.72. The van der Waals surface area contributed by atoms with Crippen molar-refractivity contribution < 1.29 is 8.42 Å². The maximum absolute atomic E-state index is 11.6. The topological polar surface area (TPSA) is 73.8 Å². The molecule has 0 aliphatic heterocycles. The Balaban J connectivity index is 0.00000392. The van der Waals surface area contributed by atoms with Crippen molar-refractivity contribution >= 4 is 40.0 Å². The van der Waals surface area contributed by atoms with Crippen molar-refractivity contribution in [2.75, 3.05) is 21.1 Å². The highest BCUT2D eigenvalue weighted by atomic mass is 127. The van der Waals surface area contributed by atoms with E-state index in [1.165, 1.54) is 18.2 Å². The van der Waals surface area contributed by atoms with Gasteiger partial charge in [-0.2, -0.15) is 0 Å². The maximum Gasteiger partial charge on any atom is 0.215 e. The molecule has 6 nitrogen and oxygen atoms in total. The van der Waals surface area contributed by atoms with E-state index in [2.05, 4.69) is 39.0 Å². The number of nitrogens with zero attached hydrogens (tertiary/aromatic N) is 2. The van der Waals surface area contributed by atoms with Gasteiger partial charge in [0.2, 0.25) is 10.0 Å². The SMILES string of the molecule is CN=C(NCc1ccc(CS(=O)(=O)NC)cc1)N(C)Cc1ccccc1C.I. The number of aliphatic imine (C=N–C) groups is 1. The first-order valence-corrected chi connectivity index (χ1v) is 10.4. The number of nitrogens with one attached hydrogen (secondary N) is 2. The lowest BCUT2D eigenvalue weighted by atomic mass is 10.1. The first-order valence-electron chi connectivity index (χ1n) is 8.80. The highest BCUT2D eigenvalue weighted by Gasteiger charge is 2.10. The van der Waals surface area contributed by atoms with Gasteiger partial charge in [-0.1, -0.05) is 48.5 Å². The van der Waals surface area contributed by atoms with Crippen LogP contribution in [0.2, 0.25) is 0 Å². The summed E-state index contributed by atoms with van der Waals surface area (Å²) in [7, 11) is 1.95. The molecule has 0 atom stereocenters. The molecule has 2 N–H and O–H groups in total. The molecule has 0 aromatic heterocycles.